The Morgan fingerprint density at radius 3 is 2.71 bits per heavy atom. The van der Waals surface area contributed by atoms with Crippen LogP contribution >= 0.6 is 11.8 Å². The summed E-state index contributed by atoms with van der Waals surface area (Å²) in [5.41, 5.74) is 0.518. The van der Waals surface area contributed by atoms with Gasteiger partial charge in [0, 0.05) is 4.90 Å². The van der Waals surface area contributed by atoms with Gasteiger partial charge >= 0.3 is 0 Å². The Labute approximate surface area is 106 Å². The van der Waals surface area contributed by atoms with Gasteiger partial charge < -0.3 is 10.0 Å². The molecule has 4 heteroatoms. The van der Waals surface area contributed by atoms with Crippen molar-refractivity contribution in [3.05, 3.63) is 29.8 Å². The van der Waals surface area contributed by atoms with Crippen molar-refractivity contribution < 1.29 is 9.90 Å². The predicted octanol–water partition coefficient (Wildman–Crippen LogP) is 1.68. The number of amides is 1. The minimum Gasteiger partial charge on any atom is -0.386 e. The monoisotopic (exact) mass is 251 g/mol. The maximum absolute atomic E-state index is 11.8. The van der Waals surface area contributed by atoms with Gasteiger partial charge in [0.15, 0.2) is 0 Å². The molecule has 1 N–H and O–H groups in total. The highest BCUT2D eigenvalue weighted by Gasteiger charge is 2.38. The van der Waals surface area contributed by atoms with Gasteiger partial charge in [-0.05, 0) is 25.5 Å². The molecule has 0 bridgehead atoms. The Bertz CT molecular complexity index is 423. The fourth-order valence-corrected chi connectivity index (χ4v) is 2.83. The van der Waals surface area contributed by atoms with E-state index in [4.69, 9.17) is 0 Å². The summed E-state index contributed by atoms with van der Waals surface area (Å²) in [5.74, 6) is 0.547. The molecule has 1 aromatic rings. The maximum atomic E-state index is 11.8. The minimum atomic E-state index is -0.678. The minimum absolute atomic E-state index is 0.102. The summed E-state index contributed by atoms with van der Waals surface area (Å²) in [6.45, 7) is 4.72. The van der Waals surface area contributed by atoms with Crippen LogP contribution in [0.5, 0.6) is 0 Å². The third-order valence-corrected chi connectivity index (χ3v) is 4.02. The molecule has 0 atom stereocenters. The van der Waals surface area contributed by atoms with Crippen LogP contribution in [0.25, 0.3) is 0 Å². The van der Waals surface area contributed by atoms with E-state index >= 15 is 0 Å². The van der Waals surface area contributed by atoms with Gasteiger partial charge in [0.1, 0.15) is 0 Å². The first-order valence-corrected chi connectivity index (χ1v) is 6.65. The number of hydrogen-bond donors (Lipinski definition) is 1. The number of hydrogen-bond acceptors (Lipinski definition) is 3. The lowest BCUT2D eigenvalue weighted by atomic mass is 9.97. The number of rotatable bonds is 3. The number of aliphatic hydroxyl groups is 1. The average molecular weight is 251 g/mol. The average Bonchev–Trinajstić information content (AvgIpc) is 2.24. The van der Waals surface area contributed by atoms with Gasteiger partial charge in [0.05, 0.1) is 24.4 Å². The summed E-state index contributed by atoms with van der Waals surface area (Å²) in [4.78, 5) is 14.6. The Morgan fingerprint density at radius 2 is 2.12 bits per heavy atom. The maximum Gasteiger partial charge on any atom is 0.233 e. The van der Waals surface area contributed by atoms with E-state index in [1.165, 1.54) is 5.56 Å². The molecule has 0 radical (unpaired) electrons. The molecule has 17 heavy (non-hydrogen) atoms. The summed E-state index contributed by atoms with van der Waals surface area (Å²) in [7, 11) is 0. The van der Waals surface area contributed by atoms with E-state index in [-0.39, 0.29) is 5.91 Å². The molecule has 0 aromatic heterocycles. The number of aryl methyl sites for hydroxylation is 1. The molecule has 0 unspecified atom stereocenters. The Morgan fingerprint density at radius 1 is 1.47 bits per heavy atom. The van der Waals surface area contributed by atoms with Gasteiger partial charge in [-0.2, -0.15) is 0 Å². The Balaban J connectivity index is 1.83. The predicted molar refractivity (Wildman–Crippen MR) is 69.1 cm³/mol. The first-order chi connectivity index (χ1) is 7.98. The van der Waals surface area contributed by atoms with E-state index in [0.717, 1.165) is 4.90 Å². The molecular formula is C13H17NO2S. The molecule has 0 spiro atoms. The SMILES string of the molecule is Cc1ccccc1SCC(=O)N1CC(C)(O)C1. The van der Waals surface area contributed by atoms with Crippen molar-refractivity contribution in [2.24, 2.45) is 0 Å². The summed E-state index contributed by atoms with van der Waals surface area (Å²) >= 11 is 1.56. The van der Waals surface area contributed by atoms with E-state index in [2.05, 4.69) is 0 Å². The van der Waals surface area contributed by atoms with E-state index in [9.17, 15) is 9.90 Å². The normalized spacial score (nSPS) is 17.7. The van der Waals surface area contributed by atoms with Crippen LogP contribution in [0.4, 0.5) is 0 Å². The Hall–Kier alpha value is -1.00. The second-order valence-electron chi connectivity index (χ2n) is 4.80. The van der Waals surface area contributed by atoms with E-state index < -0.39 is 5.60 Å². The molecular weight excluding hydrogens is 234 g/mol. The summed E-state index contributed by atoms with van der Waals surface area (Å²) in [5, 5.41) is 9.56. The van der Waals surface area contributed by atoms with Crippen LogP contribution in [0.1, 0.15) is 12.5 Å². The molecule has 1 aliphatic rings. The molecule has 1 aliphatic heterocycles. The van der Waals surface area contributed by atoms with Crippen molar-refractivity contribution in [2.45, 2.75) is 24.3 Å². The fourth-order valence-electron chi connectivity index (χ4n) is 1.90. The molecule has 0 aliphatic carbocycles. The van der Waals surface area contributed by atoms with Crippen LogP contribution in [0, 0.1) is 6.92 Å². The van der Waals surface area contributed by atoms with Crippen molar-refractivity contribution in [2.75, 3.05) is 18.8 Å². The molecule has 2 rings (SSSR count). The number of thioether (sulfide) groups is 1. The first kappa shape index (κ1) is 12.5. The van der Waals surface area contributed by atoms with Crippen LogP contribution in [0.15, 0.2) is 29.2 Å². The molecule has 1 saturated heterocycles. The van der Waals surface area contributed by atoms with Crippen molar-refractivity contribution in [3.63, 3.8) is 0 Å². The number of nitrogens with zero attached hydrogens (tertiary/aromatic N) is 1. The van der Waals surface area contributed by atoms with Gasteiger partial charge in [0.25, 0.3) is 0 Å². The van der Waals surface area contributed by atoms with Gasteiger partial charge in [-0.15, -0.1) is 11.8 Å². The van der Waals surface area contributed by atoms with Gasteiger partial charge in [-0.25, -0.2) is 0 Å². The van der Waals surface area contributed by atoms with Gasteiger partial charge in [-0.3, -0.25) is 4.79 Å². The van der Waals surface area contributed by atoms with E-state index in [1.807, 2.05) is 31.2 Å². The molecule has 1 aromatic carbocycles. The number of likely N-dealkylation sites (tertiary alicyclic amines) is 1. The second-order valence-corrected chi connectivity index (χ2v) is 5.82. The summed E-state index contributed by atoms with van der Waals surface area (Å²) in [6.07, 6.45) is 0. The zero-order valence-electron chi connectivity index (χ0n) is 10.1. The van der Waals surface area contributed by atoms with Crippen molar-refractivity contribution in [3.8, 4) is 0 Å². The zero-order valence-corrected chi connectivity index (χ0v) is 11.0. The second kappa shape index (κ2) is 4.70. The number of benzene rings is 1. The topological polar surface area (TPSA) is 40.5 Å². The van der Waals surface area contributed by atoms with Crippen LogP contribution in [0.2, 0.25) is 0 Å². The number of β-amino-alcohol motifs (C(OH)–C–C–N with tert-alkyl or cyclic N) is 1. The molecule has 92 valence electrons. The highest BCUT2D eigenvalue weighted by Crippen LogP contribution is 2.25. The van der Waals surface area contributed by atoms with Gasteiger partial charge in [-0.1, -0.05) is 18.2 Å². The lowest BCUT2D eigenvalue weighted by Gasteiger charge is -2.44. The lowest BCUT2D eigenvalue weighted by molar-refractivity contribution is -0.149. The molecule has 1 heterocycles. The molecule has 1 fully saturated rings. The molecule has 1 amide bonds. The van der Waals surface area contributed by atoms with Crippen molar-refractivity contribution in [1.82, 2.24) is 4.90 Å². The number of carbonyl (C=O) groups is 1. The van der Waals surface area contributed by atoms with Crippen LogP contribution in [-0.2, 0) is 4.79 Å². The van der Waals surface area contributed by atoms with Gasteiger partial charge in [0.2, 0.25) is 5.91 Å². The van der Waals surface area contributed by atoms with Crippen molar-refractivity contribution >= 4 is 17.7 Å². The van der Waals surface area contributed by atoms with Crippen LogP contribution in [-0.4, -0.2) is 40.4 Å². The van der Waals surface area contributed by atoms with Crippen LogP contribution < -0.4 is 0 Å². The Kier molecular flexibility index (Phi) is 3.45. The molecule has 3 nitrogen and oxygen atoms in total. The van der Waals surface area contributed by atoms with E-state index in [1.54, 1.807) is 23.6 Å². The number of carbonyl (C=O) groups excluding carboxylic acids is 1. The third kappa shape index (κ3) is 3.01. The van der Waals surface area contributed by atoms with Crippen molar-refractivity contribution in [1.29, 1.82) is 0 Å². The zero-order chi connectivity index (χ0) is 12.5. The highest BCUT2D eigenvalue weighted by molar-refractivity contribution is 8.00. The quantitative estimate of drug-likeness (QED) is 0.831. The lowest BCUT2D eigenvalue weighted by Crippen LogP contribution is -2.62. The third-order valence-electron chi connectivity index (χ3n) is 2.86. The summed E-state index contributed by atoms with van der Waals surface area (Å²) in [6, 6.07) is 8.04. The molecule has 0 saturated carbocycles. The fraction of sp³-hybridized carbons (Fsp3) is 0.462. The first-order valence-electron chi connectivity index (χ1n) is 5.66. The standard InChI is InChI=1S/C13H17NO2S/c1-10-5-3-4-6-11(10)17-7-12(15)14-8-13(2,16)9-14/h3-6,16H,7-9H2,1-2H3. The van der Waals surface area contributed by atoms with E-state index in [0.29, 0.717) is 18.8 Å². The highest BCUT2D eigenvalue weighted by atomic mass is 32.2. The summed E-state index contributed by atoms with van der Waals surface area (Å²) < 4.78 is 0. The van der Waals surface area contributed by atoms with Crippen LogP contribution in [0.3, 0.4) is 0 Å². The smallest absolute Gasteiger partial charge is 0.233 e. The largest absolute Gasteiger partial charge is 0.386 e.